The fourth-order valence-corrected chi connectivity index (χ4v) is 2.28. The molecule has 11 heteroatoms. The fraction of sp³-hybridized carbons (Fsp3) is 0.316. The Morgan fingerprint density at radius 3 is 2.47 bits per heavy atom. The van der Waals surface area contributed by atoms with Crippen LogP contribution in [0.5, 0.6) is 0 Å². The van der Waals surface area contributed by atoms with E-state index in [1.54, 1.807) is 25.3 Å². The highest BCUT2D eigenvalue weighted by Gasteiger charge is 2.32. The smallest absolute Gasteiger partial charge is 0.389 e. The summed E-state index contributed by atoms with van der Waals surface area (Å²) in [5, 5.41) is 15.3. The number of alkyl halides is 3. The van der Waals surface area contributed by atoms with Gasteiger partial charge in [0.05, 0.1) is 8.34 Å². The number of hydrogen-bond donors (Lipinski definition) is 3. The van der Waals surface area contributed by atoms with Crippen molar-refractivity contribution in [2.24, 2.45) is 0 Å². The van der Waals surface area contributed by atoms with Gasteiger partial charge in [0, 0.05) is 24.1 Å². The standard InChI is InChI=1S/C19H20F3N7O/c1-11-9-12(7-8-23-11)25-17-28-15(27-16(29-17)24-10-18(2,3)30)13-5-4-6-14(26-13)19(20,21)22/h4-9,30H,10H2,1-3H3,(H2,23,24,25,27,28,29)/i10D2. The monoisotopic (exact) mass is 421 g/mol. The molecule has 0 atom stereocenters. The van der Waals surface area contributed by atoms with Gasteiger partial charge in [0.25, 0.3) is 0 Å². The maximum Gasteiger partial charge on any atom is 0.433 e. The van der Waals surface area contributed by atoms with E-state index in [2.05, 4.69) is 35.6 Å². The van der Waals surface area contributed by atoms with Gasteiger partial charge in [-0.3, -0.25) is 4.98 Å². The van der Waals surface area contributed by atoms with Crippen molar-refractivity contribution < 1.29 is 21.0 Å². The number of nitrogens with one attached hydrogen (secondary N) is 2. The average molecular weight is 421 g/mol. The zero-order valence-electron chi connectivity index (χ0n) is 18.3. The topological polar surface area (TPSA) is 109 Å². The predicted molar refractivity (Wildman–Crippen MR) is 105 cm³/mol. The van der Waals surface area contributed by atoms with Gasteiger partial charge in [-0.25, -0.2) is 4.98 Å². The summed E-state index contributed by atoms with van der Waals surface area (Å²) in [5.74, 6) is -0.614. The minimum absolute atomic E-state index is 0.0751. The van der Waals surface area contributed by atoms with Crippen LogP contribution in [0.4, 0.5) is 30.8 Å². The third kappa shape index (κ3) is 5.83. The summed E-state index contributed by atoms with van der Waals surface area (Å²) in [7, 11) is 0. The molecule has 3 aromatic heterocycles. The summed E-state index contributed by atoms with van der Waals surface area (Å²) in [4.78, 5) is 19.9. The zero-order valence-corrected chi connectivity index (χ0v) is 16.3. The van der Waals surface area contributed by atoms with Crippen molar-refractivity contribution in [1.82, 2.24) is 24.9 Å². The summed E-state index contributed by atoms with van der Waals surface area (Å²) >= 11 is 0. The van der Waals surface area contributed by atoms with Crippen LogP contribution < -0.4 is 10.6 Å². The minimum atomic E-state index is -4.67. The molecule has 0 aliphatic rings. The molecule has 158 valence electrons. The number of aryl methyl sites for hydroxylation is 1. The van der Waals surface area contributed by atoms with Gasteiger partial charge in [-0.2, -0.15) is 28.1 Å². The SMILES string of the molecule is [2H]C([2H])(Nc1nc(Nc2ccnc(C)c2)nc(-c2cccc(C(F)(F)F)n2)n1)C(C)(C)O. The van der Waals surface area contributed by atoms with Crippen molar-refractivity contribution in [2.45, 2.75) is 32.5 Å². The average Bonchev–Trinajstić information content (AvgIpc) is 2.66. The van der Waals surface area contributed by atoms with Crippen LogP contribution in [0.2, 0.25) is 0 Å². The molecule has 0 bridgehead atoms. The third-order valence-corrected chi connectivity index (χ3v) is 3.54. The molecule has 0 aliphatic heterocycles. The van der Waals surface area contributed by atoms with Gasteiger partial charge in [0.2, 0.25) is 11.9 Å². The van der Waals surface area contributed by atoms with E-state index in [4.69, 9.17) is 2.74 Å². The molecule has 0 spiro atoms. The number of halogens is 3. The van der Waals surface area contributed by atoms with Crippen molar-refractivity contribution in [2.75, 3.05) is 17.1 Å². The number of pyridine rings is 2. The lowest BCUT2D eigenvalue weighted by molar-refractivity contribution is -0.141. The lowest BCUT2D eigenvalue weighted by Gasteiger charge is -2.18. The summed E-state index contributed by atoms with van der Waals surface area (Å²) in [6.07, 6.45) is -3.13. The molecular formula is C19H20F3N7O. The van der Waals surface area contributed by atoms with Crippen molar-refractivity contribution in [3.05, 3.63) is 47.9 Å². The largest absolute Gasteiger partial charge is 0.433 e. The van der Waals surface area contributed by atoms with E-state index in [0.29, 0.717) is 11.4 Å². The molecular weight excluding hydrogens is 399 g/mol. The molecule has 0 aromatic carbocycles. The van der Waals surface area contributed by atoms with Crippen LogP contribution in [0.15, 0.2) is 36.5 Å². The molecule has 8 nitrogen and oxygen atoms in total. The van der Waals surface area contributed by atoms with E-state index >= 15 is 0 Å². The Balaban J connectivity index is 2.08. The van der Waals surface area contributed by atoms with Crippen molar-refractivity contribution in [3.8, 4) is 11.5 Å². The van der Waals surface area contributed by atoms with Crippen LogP contribution in [-0.4, -0.2) is 42.1 Å². The van der Waals surface area contributed by atoms with E-state index in [9.17, 15) is 18.3 Å². The highest BCUT2D eigenvalue weighted by molar-refractivity contribution is 5.59. The van der Waals surface area contributed by atoms with Crippen LogP contribution in [0.1, 0.15) is 28.0 Å². The summed E-state index contributed by atoms with van der Waals surface area (Å²) in [6, 6.07) is 6.59. The fourth-order valence-electron chi connectivity index (χ4n) is 2.28. The summed E-state index contributed by atoms with van der Waals surface area (Å²) < 4.78 is 55.4. The number of aliphatic hydroxyl groups is 1. The summed E-state index contributed by atoms with van der Waals surface area (Å²) in [6.45, 7) is 1.88. The first-order valence-corrected chi connectivity index (χ1v) is 8.75. The summed E-state index contributed by atoms with van der Waals surface area (Å²) in [5.41, 5.74) is -1.91. The maximum absolute atomic E-state index is 13.1. The van der Waals surface area contributed by atoms with Crippen LogP contribution in [-0.2, 0) is 6.18 Å². The molecule has 0 saturated carbocycles. The van der Waals surface area contributed by atoms with Gasteiger partial charge in [-0.1, -0.05) is 6.07 Å². The van der Waals surface area contributed by atoms with E-state index in [1.165, 1.54) is 19.9 Å². The Morgan fingerprint density at radius 1 is 1.07 bits per heavy atom. The molecule has 3 N–H and O–H groups in total. The maximum atomic E-state index is 13.1. The molecule has 30 heavy (non-hydrogen) atoms. The number of aromatic nitrogens is 5. The Labute approximate surface area is 173 Å². The second-order valence-electron chi connectivity index (χ2n) is 6.83. The lowest BCUT2D eigenvalue weighted by Crippen LogP contribution is -2.30. The van der Waals surface area contributed by atoms with Gasteiger partial charge in [0.1, 0.15) is 11.4 Å². The van der Waals surface area contributed by atoms with E-state index < -0.39 is 24.0 Å². The Bertz CT molecular complexity index is 1120. The van der Waals surface area contributed by atoms with Crippen LogP contribution in [0.25, 0.3) is 11.5 Å². The first-order chi connectivity index (χ1) is 14.7. The van der Waals surface area contributed by atoms with Crippen molar-refractivity contribution in [1.29, 1.82) is 0 Å². The first-order valence-electron chi connectivity index (χ1n) is 9.75. The third-order valence-electron chi connectivity index (χ3n) is 3.54. The molecule has 0 fully saturated rings. The Kier molecular flexibility index (Phi) is 5.10. The predicted octanol–water partition coefficient (Wildman–Crippen LogP) is 3.58. The quantitative estimate of drug-likeness (QED) is 0.554. The number of nitrogens with zero attached hydrogens (tertiary/aromatic N) is 5. The number of rotatable bonds is 6. The van der Waals surface area contributed by atoms with E-state index in [0.717, 1.165) is 12.1 Å². The molecule has 0 saturated heterocycles. The second-order valence-corrected chi connectivity index (χ2v) is 6.83. The van der Waals surface area contributed by atoms with Crippen LogP contribution in [0, 0.1) is 6.92 Å². The van der Waals surface area contributed by atoms with Gasteiger partial charge in [-0.05, 0) is 45.0 Å². The van der Waals surface area contributed by atoms with Crippen molar-refractivity contribution >= 4 is 17.6 Å². The lowest BCUT2D eigenvalue weighted by atomic mass is 10.1. The molecule has 0 radical (unpaired) electrons. The van der Waals surface area contributed by atoms with E-state index in [-0.39, 0.29) is 23.4 Å². The molecule has 0 unspecified atom stereocenters. The molecule has 3 aromatic rings. The van der Waals surface area contributed by atoms with Crippen LogP contribution >= 0.6 is 0 Å². The molecule has 0 amide bonds. The number of anilines is 3. The van der Waals surface area contributed by atoms with Gasteiger partial charge < -0.3 is 15.7 Å². The highest BCUT2D eigenvalue weighted by Crippen LogP contribution is 2.29. The molecule has 3 rings (SSSR count). The second kappa shape index (κ2) is 8.19. The minimum Gasteiger partial charge on any atom is -0.389 e. The molecule has 0 aliphatic carbocycles. The Hall–Kier alpha value is -3.34. The van der Waals surface area contributed by atoms with Crippen LogP contribution in [0.3, 0.4) is 0 Å². The normalized spacial score (nSPS) is 13.4. The Morgan fingerprint density at radius 2 is 1.80 bits per heavy atom. The number of hydrogen-bond acceptors (Lipinski definition) is 8. The molecule has 3 heterocycles. The van der Waals surface area contributed by atoms with Gasteiger partial charge in [0.15, 0.2) is 5.82 Å². The first kappa shape index (κ1) is 18.7. The zero-order chi connectivity index (χ0) is 23.7. The van der Waals surface area contributed by atoms with Crippen molar-refractivity contribution in [3.63, 3.8) is 0 Å². The van der Waals surface area contributed by atoms with E-state index in [1.807, 2.05) is 0 Å². The van der Waals surface area contributed by atoms with Gasteiger partial charge >= 0.3 is 6.18 Å². The highest BCUT2D eigenvalue weighted by atomic mass is 19.4. The van der Waals surface area contributed by atoms with Gasteiger partial charge in [-0.15, -0.1) is 0 Å².